The SMILES string of the molecule is COCCCCNS(=O)(=O)c1cc(CN)cs1. The molecule has 0 fully saturated rings. The first kappa shape index (κ1) is 14.6. The van der Waals surface area contributed by atoms with Crippen LogP contribution in [0.1, 0.15) is 18.4 Å². The van der Waals surface area contributed by atoms with Gasteiger partial charge in [0.1, 0.15) is 4.21 Å². The molecule has 3 N–H and O–H groups in total. The van der Waals surface area contributed by atoms with E-state index in [9.17, 15) is 8.42 Å². The normalized spacial score (nSPS) is 11.9. The number of methoxy groups -OCH3 is 1. The summed E-state index contributed by atoms with van der Waals surface area (Å²) in [6.07, 6.45) is 1.61. The molecule has 98 valence electrons. The fraction of sp³-hybridized carbons (Fsp3) is 0.600. The molecule has 1 aromatic heterocycles. The highest BCUT2D eigenvalue weighted by Gasteiger charge is 2.15. The van der Waals surface area contributed by atoms with Gasteiger partial charge in [-0.25, -0.2) is 13.1 Å². The smallest absolute Gasteiger partial charge is 0.250 e. The molecule has 0 spiro atoms. The molecule has 0 saturated heterocycles. The van der Waals surface area contributed by atoms with Gasteiger partial charge in [-0.15, -0.1) is 11.3 Å². The van der Waals surface area contributed by atoms with Crippen LogP contribution >= 0.6 is 11.3 Å². The largest absolute Gasteiger partial charge is 0.385 e. The number of hydrogen-bond donors (Lipinski definition) is 2. The maximum absolute atomic E-state index is 11.8. The fourth-order valence-corrected chi connectivity index (χ4v) is 3.59. The molecule has 0 aromatic carbocycles. The third-order valence-electron chi connectivity index (χ3n) is 2.20. The molecule has 7 heteroatoms. The highest BCUT2D eigenvalue weighted by Crippen LogP contribution is 2.19. The summed E-state index contributed by atoms with van der Waals surface area (Å²) in [5, 5.41) is 1.76. The number of rotatable bonds is 8. The summed E-state index contributed by atoms with van der Waals surface area (Å²) >= 11 is 1.19. The molecule has 0 aliphatic heterocycles. The molecule has 1 heterocycles. The number of nitrogens with two attached hydrogens (primary N) is 1. The Hall–Kier alpha value is -0.470. The van der Waals surface area contributed by atoms with Gasteiger partial charge in [-0.2, -0.15) is 0 Å². The van der Waals surface area contributed by atoms with E-state index in [1.54, 1.807) is 18.6 Å². The third kappa shape index (κ3) is 4.72. The first-order valence-electron chi connectivity index (χ1n) is 5.36. The first-order valence-corrected chi connectivity index (χ1v) is 7.72. The molecule has 17 heavy (non-hydrogen) atoms. The summed E-state index contributed by atoms with van der Waals surface area (Å²) in [6.45, 7) is 1.44. The van der Waals surface area contributed by atoms with Crippen molar-refractivity contribution in [1.82, 2.24) is 4.72 Å². The van der Waals surface area contributed by atoms with Crippen LogP contribution in [0.25, 0.3) is 0 Å². The lowest BCUT2D eigenvalue weighted by Gasteiger charge is -2.04. The number of nitrogens with one attached hydrogen (secondary N) is 1. The van der Waals surface area contributed by atoms with Crippen LogP contribution in [0, 0.1) is 0 Å². The van der Waals surface area contributed by atoms with E-state index in [0.717, 1.165) is 18.4 Å². The van der Waals surface area contributed by atoms with Crippen molar-refractivity contribution >= 4 is 21.4 Å². The van der Waals surface area contributed by atoms with Gasteiger partial charge in [0, 0.05) is 26.8 Å². The molecule has 0 saturated carbocycles. The van der Waals surface area contributed by atoms with E-state index in [0.29, 0.717) is 23.9 Å². The Morgan fingerprint density at radius 1 is 1.47 bits per heavy atom. The van der Waals surface area contributed by atoms with Crippen LogP contribution < -0.4 is 10.5 Å². The van der Waals surface area contributed by atoms with Gasteiger partial charge in [-0.1, -0.05) is 0 Å². The molecule has 0 amide bonds. The van der Waals surface area contributed by atoms with Crippen LogP contribution in [0.3, 0.4) is 0 Å². The molecule has 0 bridgehead atoms. The van der Waals surface area contributed by atoms with Gasteiger partial charge >= 0.3 is 0 Å². The molecular formula is C10H18N2O3S2. The van der Waals surface area contributed by atoms with E-state index in [1.165, 1.54) is 11.3 Å². The van der Waals surface area contributed by atoms with E-state index in [1.807, 2.05) is 0 Å². The van der Waals surface area contributed by atoms with Gasteiger partial charge < -0.3 is 10.5 Å². The number of ether oxygens (including phenoxy) is 1. The zero-order valence-electron chi connectivity index (χ0n) is 9.81. The molecule has 1 aromatic rings. The van der Waals surface area contributed by atoms with Crippen LogP contribution in [-0.4, -0.2) is 28.7 Å². The lowest BCUT2D eigenvalue weighted by molar-refractivity contribution is 0.193. The Balaban J connectivity index is 2.45. The van der Waals surface area contributed by atoms with E-state index >= 15 is 0 Å². The van der Waals surface area contributed by atoms with Crippen molar-refractivity contribution in [1.29, 1.82) is 0 Å². The van der Waals surface area contributed by atoms with Crippen LogP contribution in [-0.2, 0) is 21.3 Å². The van der Waals surface area contributed by atoms with Crippen molar-refractivity contribution in [3.63, 3.8) is 0 Å². The number of unbranched alkanes of at least 4 members (excludes halogenated alkanes) is 1. The minimum Gasteiger partial charge on any atom is -0.385 e. The van der Waals surface area contributed by atoms with Crippen molar-refractivity contribution in [3.8, 4) is 0 Å². The molecule has 0 unspecified atom stereocenters. The average Bonchev–Trinajstić information content (AvgIpc) is 2.78. The average molecular weight is 278 g/mol. The van der Waals surface area contributed by atoms with Crippen LogP contribution in [0.4, 0.5) is 0 Å². The summed E-state index contributed by atoms with van der Waals surface area (Å²) < 4.78 is 31.4. The van der Waals surface area contributed by atoms with Crippen molar-refractivity contribution in [2.45, 2.75) is 23.6 Å². The quantitative estimate of drug-likeness (QED) is 0.693. The lowest BCUT2D eigenvalue weighted by atomic mass is 10.3. The molecule has 1 rings (SSSR count). The van der Waals surface area contributed by atoms with E-state index in [2.05, 4.69) is 4.72 Å². The Morgan fingerprint density at radius 3 is 2.82 bits per heavy atom. The standard InChI is InChI=1S/C10H18N2O3S2/c1-15-5-3-2-4-12-17(13,14)10-6-9(7-11)8-16-10/h6,8,12H,2-5,7,11H2,1H3. The highest BCUT2D eigenvalue weighted by molar-refractivity contribution is 7.91. The number of sulfonamides is 1. The van der Waals surface area contributed by atoms with E-state index < -0.39 is 10.0 Å². The van der Waals surface area contributed by atoms with Crippen LogP contribution in [0.2, 0.25) is 0 Å². The molecule has 0 aliphatic carbocycles. The fourth-order valence-electron chi connectivity index (χ4n) is 1.25. The molecule has 5 nitrogen and oxygen atoms in total. The summed E-state index contributed by atoms with van der Waals surface area (Å²) in [5.41, 5.74) is 6.28. The molecule has 0 aliphatic rings. The van der Waals surface area contributed by atoms with Gasteiger partial charge in [-0.3, -0.25) is 0 Å². The topological polar surface area (TPSA) is 81.4 Å². The summed E-state index contributed by atoms with van der Waals surface area (Å²) in [7, 11) is -1.74. The number of thiophene rings is 1. The summed E-state index contributed by atoms with van der Waals surface area (Å²) in [5.74, 6) is 0. The van der Waals surface area contributed by atoms with E-state index in [4.69, 9.17) is 10.5 Å². The maximum atomic E-state index is 11.8. The van der Waals surface area contributed by atoms with Gasteiger partial charge in [-0.05, 0) is 29.9 Å². The Bertz CT molecular complexity index is 429. The molecular weight excluding hydrogens is 260 g/mol. The van der Waals surface area contributed by atoms with Gasteiger partial charge in [0.25, 0.3) is 0 Å². The van der Waals surface area contributed by atoms with Gasteiger partial charge in [0.15, 0.2) is 0 Å². The lowest BCUT2D eigenvalue weighted by Crippen LogP contribution is -2.24. The first-order chi connectivity index (χ1) is 8.10. The maximum Gasteiger partial charge on any atom is 0.250 e. The van der Waals surface area contributed by atoms with Crippen molar-refractivity contribution < 1.29 is 13.2 Å². The predicted molar refractivity (Wildman–Crippen MR) is 68.5 cm³/mol. The second-order valence-electron chi connectivity index (χ2n) is 3.58. The second-order valence-corrected chi connectivity index (χ2v) is 6.48. The zero-order valence-corrected chi connectivity index (χ0v) is 11.4. The van der Waals surface area contributed by atoms with Crippen molar-refractivity contribution in [2.75, 3.05) is 20.3 Å². The molecule has 0 atom stereocenters. The van der Waals surface area contributed by atoms with E-state index in [-0.39, 0.29) is 0 Å². The monoisotopic (exact) mass is 278 g/mol. The predicted octanol–water partition coefficient (Wildman–Crippen LogP) is 0.912. The zero-order chi connectivity index (χ0) is 12.7. The van der Waals surface area contributed by atoms with Crippen molar-refractivity contribution in [2.24, 2.45) is 5.73 Å². The van der Waals surface area contributed by atoms with Crippen LogP contribution in [0.15, 0.2) is 15.7 Å². The minimum absolute atomic E-state index is 0.324. The number of hydrogen-bond acceptors (Lipinski definition) is 5. The van der Waals surface area contributed by atoms with Crippen LogP contribution in [0.5, 0.6) is 0 Å². The summed E-state index contributed by atoms with van der Waals surface area (Å²) in [6, 6.07) is 1.61. The van der Waals surface area contributed by atoms with Crippen molar-refractivity contribution in [3.05, 3.63) is 17.0 Å². The Morgan fingerprint density at radius 2 is 2.24 bits per heavy atom. The molecule has 0 radical (unpaired) electrons. The summed E-state index contributed by atoms with van der Waals surface area (Å²) in [4.78, 5) is 0. The van der Waals surface area contributed by atoms with Gasteiger partial charge in [0.05, 0.1) is 0 Å². The Labute approximate surface area is 106 Å². The highest BCUT2D eigenvalue weighted by atomic mass is 32.2. The van der Waals surface area contributed by atoms with Gasteiger partial charge in [0.2, 0.25) is 10.0 Å². The second kappa shape index (κ2) is 7.07. The minimum atomic E-state index is -3.36. The third-order valence-corrected chi connectivity index (χ3v) is 5.15. The Kier molecular flexibility index (Phi) is 6.07.